The molecule has 21 heavy (non-hydrogen) atoms. The Morgan fingerprint density at radius 2 is 1.86 bits per heavy atom. The summed E-state index contributed by atoms with van der Waals surface area (Å²) in [4.78, 5) is 4.03. The van der Waals surface area contributed by atoms with Gasteiger partial charge in [-0.25, -0.2) is 4.98 Å². The van der Waals surface area contributed by atoms with E-state index in [2.05, 4.69) is 9.55 Å². The number of ether oxygens (including phenoxy) is 1. The molecule has 0 unspecified atom stereocenters. The Labute approximate surface area is 137 Å². The summed E-state index contributed by atoms with van der Waals surface area (Å²) in [6, 6.07) is 4.00. The Balaban J connectivity index is 0.00000220. The molecule has 0 amide bonds. The summed E-state index contributed by atoms with van der Waals surface area (Å²) in [6.07, 6.45) is 9.04. The Morgan fingerprint density at radius 1 is 1.14 bits per heavy atom. The second-order valence-corrected chi connectivity index (χ2v) is 5.46. The lowest BCUT2D eigenvalue weighted by Crippen LogP contribution is -2.00. The first-order valence-electron chi connectivity index (χ1n) is 7.02. The smallest absolute Gasteiger partial charge is 0.119 e. The molecule has 0 radical (unpaired) electrons. The normalized spacial score (nSPS) is 10.2. The Morgan fingerprint density at radius 3 is 2.48 bits per heavy atom. The molecule has 0 fully saturated rings. The van der Waals surface area contributed by atoms with E-state index in [0.717, 1.165) is 54.3 Å². The van der Waals surface area contributed by atoms with Gasteiger partial charge in [0.2, 0.25) is 0 Å². The number of hydrogen-bond acceptors (Lipinski definition) is 2. The van der Waals surface area contributed by atoms with Gasteiger partial charge in [0, 0.05) is 24.0 Å². The van der Waals surface area contributed by atoms with E-state index in [9.17, 15) is 0 Å². The minimum Gasteiger partial charge on any atom is -0.494 e. The van der Waals surface area contributed by atoms with Crippen LogP contribution in [0.5, 0.6) is 5.75 Å². The van der Waals surface area contributed by atoms with E-state index in [1.807, 2.05) is 44.7 Å². The molecule has 1 aromatic heterocycles. The molecular formula is C16H22Cl2N2O. The highest BCUT2D eigenvalue weighted by Crippen LogP contribution is 2.25. The number of aromatic nitrogens is 2. The molecule has 0 saturated carbocycles. The maximum atomic E-state index is 6.14. The minimum atomic E-state index is 0. The van der Waals surface area contributed by atoms with E-state index in [-0.39, 0.29) is 12.4 Å². The summed E-state index contributed by atoms with van der Waals surface area (Å²) < 4.78 is 7.89. The maximum Gasteiger partial charge on any atom is 0.119 e. The second kappa shape index (κ2) is 8.96. The van der Waals surface area contributed by atoms with Crippen molar-refractivity contribution in [1.29, 1.82) is 0 Å². The number of rotatable bonds is 7. The van der Waals surface area contributed by atoms with Crippen LogP contribution in [0.3, 0.4) is 0 Å². The predicted molar refractivity (Wildman–Crippen MR) is 89.7 cm³/mol. The highest BCUT2D eigenvalue weighted by molar-refractivity contribution is 6.32. The summed E-state index contributed by atoms with van der Waals surface area (Å²) >= 11 is 6.14. The Bertz CT molecular complexity index is 518. The van der Waals surface area contributed by atoms with Gasteiger partial charge in [-0.15, -0.1) is 12.4 Å². The fourth-order valence-electron chi connectivity index (χ4n) is 2.17. The molecule has 1 aromatic carbocycles. The van der Waals surface area contributed by atoms with Gasteiger partial charge in [0.1, 0.15) is 5.75 Å². The van der Waals surface area contributed by atoms with Gasteiger partial charge in [-0.1, -0.05) is 11.6 Å². The first kappa shape index (κ1) is 17.9. The van der Waals surface area contributed by atoms with Gasteiger partial charge >= 0.3 is 0 Å². The van der Waals surface area contributed by atoms with Crippen LogP contribution < -0.4 is 4.74 Å². The molecule has 5 heteroatoms. The van der Waals surface area contributed by atoms with Crippen LogP contribution in [0.15, 0.2) is 30.9 Å². The lowest BCUT2D eigenvalue weighted by molar-refractivity contribution is 0.303. The summed E-state index contributed by atoms with van der Waals surface area (Å²) in [5.41, 5.74) is 2.14. The maximum absolute atomic E-state index is 6.14. The minimum absolute atomic E-state index is 0. The van der Waals surface area contributed by atoms with E-state index >= 15 is 0 Å². The number of hydrogen-bond donors (Lipinski definition) is 0. The van der Waals surface area contributed by atoms with Crippen molar-refractivity contribution < 1.29 is 4.74 Å². The van der Waals surface area contributed by atoms with E-state index in [0.29, 0.717) is 0 Å². The van der Waals surface area contributed by atoms with Crippen molar-refractivity contribution in [2.45, 2.75) is 39.7 Å². The van der Waals surface area contributed by atoms with Gasteiger partial charge < -0.3 is 9.30 Å². The zero-order chi connectivity index (χ0) is 14.4. The molecule has 0 aliphatic carbocycles. The fourth-order valence-corrected chi connectivity index (χ4v) is 2.28. The molecule has 2 aromatic rings. The first-order chi connectivity index (χ1) is 9.66. The van der Waals surface area contributed by atoms with Crippen molar-refractivity contribution in [2.75, 3.05) is 6.61 Å². The van der Waals surface area contributed by atoms with Crippen molar-refractivity contribution in [1.82, 2.24) is 9.55 Å². The molecule has 2 rings (SSSR count). The van der Waals surface area contributed by atoms with Crippen LogP contribution in [0.4, 0.5) is 0 Å². The van der Waals surface area contributed by atoms with Gasteiger partial charge in [0.15, 0.2) is 0 Å². The number of unbranched alkanes of at least 4 members (excludes halogenated alkanes) is 2. The molecule has 3 nitrogen and oxygen atoms in total. The summed E-state index contributed by atoms with van der Waals surface area (Å²) in [6.45, 7) is 5.80. The molecule has 0 N–H and O–H groups in total. The van der Waals surface area contributed by atoms with E-state index in [4.69, 9.17) is 16.3 Å². The van der Waals surface area contributed by atoms with Gasteiger partial charge in [0.25, 0.3) is 0 Å². The second-order valence-electron chi connectivity index (χ2n) is 5.08. The van der Waals surface area contributed by atoms with E-state index in [1.54, 1.807) is 0 Å². The van der Waals surface area contributed by atoms with Crippen LogP contribution in [-0.2, 0) is 6.54 Å². The quantitative estimate of drug-likeness (QED) is 0.681. The summed E-state index contributed by atoms with van der Waals surface area (Å²) in [5, 5.41) is 0.831. The monoisotopic (exact) mass is 328 g/mol. The largest absolute Gasteiger partial charge is 0.494 e. The van der Waals surface area contributed by atoms with Crippen molar-refractivity contribution in [3.8, 4) is 5.75 Å². The number of aryl methyl sites for hydroxylation is 3. The van der Waals surface area contributed by atoms with Crippen molar-refractivity contribution in [3.05, 3.63) is 47.0 Å². The molecule has 0 bridgehead atoms. The topological polar surface area (TPSA) is 27.1 Å². The molecule has 0 saturated heterocycles. The Kier molecular flexibility index (Phi) is 7.62. The van der Waals surface area contributed by atoms with Crippen LogP contribution in [-0.4, -0.2) is 16.2 Å². The van der Waals surface area contributed by atoms with E-state index < -0.39 is 0 Å². The average molecular weight is 329 g/mol. The molecule has 0 aliphatic rings. The fraction of sp³-hybridized carbons (Fsp3) is 0.438. The zero-order valence-electron chi connectivity index (χ0n) is 12.5. The van der Waals surface area contributed by atoms with Crippen molar-refractivity contribution in [3.63, 3.8) is 0 Å². The lowest BCUT2D eigenvalue weighted by Gasteiger charge is -2.10. The average Bonchev–Trinajstić information content (AvgIpc) is 2.93. The molecule has 0 atom stereocenters. The summed E-state index contributed by atoms with van der Waals surface area (Å²) in [5.74, 6) is 0.916. The number of benzene rings is 1. The van der Waals surface area contributed by atoms with Crippen molar-refractivity contribution in [2.24, 2.45) is 0 Å². The molecular weight excluding hydrogens is 307 g/mol. The first-order valence-corrected chi connectivity index (χ1v) is 7.40. The molecule has 0 aliphatic heterocycles. The standard InChI is InChI=1S/C16H21ClN2O.ClH/c1-13-10-15(11-14(2)16(13)17)20-9-5-3-4-7-19-8-6-18-12-19;/h6,8,10-12H,3-5,7,9H2,1-2H3;1H. The highest BCUT2D eigenvalue weighted by Gasteiger charge is 2.03. The number of nitrogens with zero attached hydrogens (tertiary/aromatic N) is 2. The summed E-state index contributed by atoms with van der Waals surface area (Å²) in [7, 11) is 0. The van der Waals surface area contributed by atoms with Gasteiger partial charge in [-0.2, -0.15) is 0 Å². The van der Waals surface area contributed by atoms with Crippen LogP contribution >= 0.6 is 24.0 Å². The van der Waals surface area contributed by atoms with Crippen molar-refractivity contribution >= 4 is 24.0 Å². The third-order valence-corrected chi connectivity index (χ3v) is 3.89. The third-order valence-electron chi connectivity index (χ3n) is 3.30. The van der Waals surface area contributed by atoms with E-state index in [1.165, 1.54) is 0 Å². The predicted octanol–water partition coefficient (Wildman–Crippen LogP) is 4.82. The zero-order valence-corrected chi connectivity index (χ0v) is 14.1. The van der Waals surface area contributed by atoms with Gasteiger partial charge in [-0.3, -0.25) is 0 Å². The molecule has 116 valence electrons. The van der Waals surface area contributed by atoms with Crippen LogP contribution in [0.25, 0.3) is 0 Å². The van der Waals surface area contributed by atoms with Gasteiger partial charge in [0.05, 0.1) is 12.9 Å². The number of imidazole rings is 1. The SMILES string of the molecule is Cc1cc(OCCCCCn2ccnc2)cc(C)c1Cl.Cl. The van der Waals surface area contributed by atoms with Crippen LogP contribution in [0, 0.1) is 13.8 Å². The third kappa shape index (κ3) is 5.60. The molecule has 1 heterocycles. The van der Waals surface area contributed by atoms with Crippen LogP contribution in [0.1, 0.15) is 30.4 Å². The molecule has 0 spiro atoms. The van der Waals surface area contributed by atoms with Gasteiger partial charge in [-0.05, 0) is 56.4 Å². The lowest BCUT2D eigenvalue weighted by atomic mass is 10.1. The highest BCUT2D eigenvalue weighted by atomic mass is 35.5. The van der Waals surface area contributed by atoms with Crippen LogP contribution in [0.2, 0.25) is 5.02 Å². The number of halogens is 2. The Hall–Kier alpha value is -1.19.